The van der Waals surface area contributed by atoms with E-state index >= 15 is 0 Å². The zero-order valence-corrected chi connectivity index (χ0v) is 10.7. The van der Waals surface area contributed by atoms with Crippen molar-refractivity contribution in [2.45, 2.75) is 19.3 Å². The summed E-state index contributed by atoms with van der Waals surface area (Å²) in [6, 6.07) is 5.36. The summed E-state index contributed by atoms with van der Waals surface area (Å²) in [6.07, 6.45) is -1.63. The molecule has 2 rings (SSSR count). The molecule has 2 aromatic rings. The van der Waals surface area contributed by atoms with Crippen LogP contribution in [0.5, 0.6) is 5.75 Å². The van der Waals surface area contributed by atoms with Crippen molar-refractivity contribution in [3.05, 3.63) is 36.7 Å². The van der Waals surface area contributed by atoms with Crippen LogP contribution in [0.4, 0.5) is 13.2 Å². The number of halogens is 3. The maximum Gasteiger partial charge on any atom is 0.573 e. The average Bonchev–Trinajstić information content (AvgIpc) is 2.84. The molecule has 1 N–H and O–H groups in total. The number of benzene rings is 1. The normalized spacial score (nSPS) is 11.4. The molecule has 1 aromatic carbocycles. The van der Waals surface area contributed by atoms with Gasteiger partial charge in [0.2, 0.25) is 0 Å². The molecule has 0 radical (unpaired) electrons. The van der Waals surface area contributed by atoms with Crippen LogP contribution in [0.25, 0.3) is 11.1 Å². The largest absolute Gasteiger partial charge is 0.573 e. The monoisotopic (exact) mass is 300 g/mol. The van der Waals surface area contributed by atoms with Gasteiger partial charge in [0.1, 0.15) is 5.75 Å². The van der Waals surface area contributed by atoms with Crippen molar-refractivity contribution in [1.82, 2.24) is 9.78 Å². The predicted molar refractivity (Wildman–Crippen MR) is 66.6 cm³/mol. The quantitative estimate of drug-likeness (QED) is 0.922. The minimum Gasteiger partial charge on any atom is -0.481 e. The van der Waals surface area contributed by atoms with E-state index in [4.69, 9.17) is 5.11 Å². The van der Waals surface area contributed by atoms with Gasteiger partial charge in [-0.15, -0.1) is 13.2 Å². The van der Waals surface area contributed by atoms with E-state index in [9.17, 15) is 18.0 Å². The van der Waals surface area contributed by atoms with Crippen LogP contribution < -0.4 is 4.74 Å². The molecular formula is C13H11F3N2O3. The van der Waals surface area contributed by atoms with E-state index in [1.54, 1.807) is 6.20 Å². The van der Waals surface area contributed by atoms with Crippen LogP contribution in [0.1, 0.15) is 6.42 Å². The van der Waals surface area contributed by atoms with Gasteiger partial charge in [-0.25, -0.2) is 0 Å². The van der Waals surface area contributed by atoms with Gasteiger partial charge >= 0.3 is 12.3 Å². The summed E-state index contributed by atoms with van der Waals surface area (Å²) >= 11 is 0. The fourth-order valence-electron chi connectivity index (χ4n) is 1.69. The Kier molecular flexibility index (Phi) is 4.15. The second-order valence-corrected chi connectivity index (χ2v) is 4.21. The molecule has 0 aliphatic carbocycles. The topological polar surface area (TPSA) is 64.3 Å². The van der Waals surface area contributed by atoms with Crippen LogP contribution in [0, 0.1) is 0 Å². The van der Waals surface area contributed by atoms with E-state index in [0.29, 0.717) is 11.1 Å². The average molecular weight is 300 g/mol. The van der Waals surface area contributed by atoms with E-state index < -0.39 is 12.3 Å². The van der Waals surface area contributed by atoms with Crippen molar-refractivity contribution in [3.8, 4) is 16.9 Å². The Labute approximate surface area is 117 Å². The molecule has 21 heavy (non-hydrogen) atoms. The van der Waals surface area contributed by atoms with Crippen LogP contribution in [0.3, 0.4) is 0 Å². The molecule has 0 fully saturated rings. The van der Waals surface area contributed by atoms with E-state index in [0.717, 1.165) is 0 Å². The molecule has 0 bridgehead atoms. The minimum absolute atomic E-state index is 0.0561. The van der Waals surface area contributed by atoms with Gasteiger partial charge in [0.05, 0.1) is 19.2 Å². The van der Waals surface area contributed by atoms with Crippen molar-refractivity contribution < 1.29 is 27.8 Å². The van der Waals surface area contributed by atoms with Gasteiger partial charge in [0.25, 0.3) is 0 Å². The molecule has 0 unspecified atom stereocenters. The highest BCUT2D eigenvalue weighted by Gasteiger charge is 2.30. The Bertz CT molecular complexity index is 620. The molecule has 0 aliphatic heterocycles. The molecule has 0 amide bonds. The number of carboxylic acids is 1. The third-order valence-corrected chi connectivity index (χ3v) is 2.61. The van der Waals surface area contributed by atoms with Gasteiger partial charge in [-0.3, -0.25) is 9.48 Å². The van der Waals surface area contributed by atoms with Gasteiger partial charge in [-0.1, -0.05) is 12.1 Å². The number of carboxylic acid groups (broad SMARTS) is 1. The first-order valence-electron chi connectivity index (χ1n) is 5.94. The number of aryl methyl sites for hydroxylation is 1. The molecule has 112 valence electrons. The van der Waals surface area contributed by atoms with Gasteiger partial charge in [0, 0.05) is 11.8 Å². The van der Waals surface area contributed by atoms with E-state index in [-0.39, 0.29) is 18.7 Å². The molecule has 0 aliphatic rings. The van der Waals surface area contributed by atoms with Crippen molar-refractivity contribution in [2.24, 2.45) is 0 Å². The van der Waals surface area contributed by atoms with Crippen LogP contribution in [0.2, 0.25) is 0 Å². The Balaban J connectivity index is 2.07. The number of ether oxygens (including phenoxy) is 1. The first kappa shape index (κ1) is 14.9. The van der Waals surface area contributed by atoms with E-state index in [1.165, 1.54) is 35.1 Å². The number of nitrogens with zero attached hydrogens (tertiary/aromatic N) is 2. The molecule has 0 spiro atoms. The van der Waals surface area contributed by atoms with Crippen molar-refractivity contribution in [1.29, 1.82) is 0 Å². The SMILES string of the molecule is O=C(O)CCn1cc(-c2ccc(OC(F)(F)F)cc2)cn1. The van der Waals surface area contributed by atoms with Gasteiger partial charge in [-0.2, -0.15) is 5.10 Å². The zero-order chi connectivity index (χ0) is 15.5. The molecule has 0 saturated carbocycles. The lowest BCUT2D eigenvalue weighted by atomic mass is 10.1. The smallest absolute Gasteiger partial charge is 0.481 e. The summed E-state index contributed by atoms with van der Waals surface area (Å²) in [6.45, 7) is 0.227. The van der Waals surface area contributed by atoms with Gasteiger partial charge in [0.15, 0.2) is 0 Å². The Morgan fingerprint density at radius 1 is 1.24 bits per heavy atom. The number of carbonyl (C=O) groups is 1. The molecule has 1 heterocycles. The predicted octanol–water partition coefficient (Wildman–Crippen LogP) is 2.92. The number of hydrogen-bond acceptors (Lipinski definition) is 3. The Morgan fingerprint density at radius 2 is 1.90 bits per heavy atom. The van der Waals surface area contributed by atoms with Gasteiger partial charge < -0.3 is 9.84 Å². The zero-order valence-electron chi connectivity index (χ0n) is 10.7. The number of aliphatic carboxylic acids is 1. The summed E-state index contributed by atoms with van der Waals surface area (Å²) in [7, 11) is 0. The number of aromatic nitrogens is 2. The highest BCUT2D eigenvalue weighted by atomic mass is 19.4. The van der Waals surface area contributed by atoms with E-state index in [2.05, 4.69) is 9.84 Å². The number of rotatable bonds is 5. The molecule has 0 atom stereocenters. The van der Waals surface area contributed by atoms with E-state index in [1.807, 2.05) is 0 Å². The Hall–Kier alpha value is -2.51. The second kappa shape index (κ2) is 5.86. The maximum atomic E-state index is 12.0. The summed E-state index contributed by atoms with van der Waals surface area (Å²) in [5, 5.41) is 12.6. The van der Waals surface area contributed by atoms with Crippen molar-refractivity contribution in [3.63, 3.8) is 0 Å². The third-order valence-electron chi connectivity index (χ3n) is 2.61. The Morgan fingerprint density at radius 3 is 2.48 bits per heavy atom. The fourth-order valence-corrected chi connectivity index (χ4v) is 1.69. The number of alkyl halides is 3. The minimum atomic E-state index is -4.72. The van der Waals surface area contributed by atoms with Crippen molar-refractivity contribution in [2.75, 3.05) is 0 Å². The second-order valence-electron chi connectivity index (χ2n) is 4.21. The van der Waals surface area contributed by atoms with Crippen LogP contribution in [-0.2, 0) is 11.3 Å². The molecule has 8 heteroatoms. The first-order valence-corrected chi connectivity index (χ1v) is 5.94. The first-order chi connectivity index (χ1) is 9.83. The highest BCUT2D eigenvalue weighted by molar-refractivity contribution is 5.66. The lowest BCUT2D eigenvalue weighted by Crippen LogP contribution is -2.16. The third kappa shape index (κ3) is 4.51. The maximum absolute atomic E-state index is 12.0. The summed E-state index contributed by atoms with van der Waals surface area (Å²) < 4.78 is 41.3. The highest BCUT2D eigenvalue weighted by Crippen LogP contribution is 2.26. The van der Waals surface area contributed by atoms with Crippen LogP contribution >= 0.6 is 0 Å². The lowest BCUT2D eigenvalue weighted by Gasteiger charge is -2.08. The molecular weight excluding hydrogens is 289 g/mol. The standard InChI is InChI=1S/C13H11F3N2O3/c14-13(15,16)21-11-3-1-9(2-4-11)10-7-17-18(8-10)6-5-12(19)20/h1-4,7-8H,5-6H2,(H,19,20). The molecule has 1 aromatic heterocycles. The molecule has 0 saturated heterocycles. The van der Waals surface area contributed by atoms with Crippen LogP contribution in [-0.4, -0.2) is 27.2 Å². The van der Waals surface area contributed by atoms with Crippen LogP contribution in [0.15, 0.2) is 36.7 Å². The summed E-state index contributed by atoms with van der Waals surface area (Å²) in [5.41, 5.74) is 1.34. The molecule has 5 nitrogen and oxygen atoms in total. The number of hydrogen-bond donors (Lipinski definition) is 1. The lowest BCUT2D eigenvalue weighted by molar-refractivity contribution is -0.274. The summed E-state index contributed by atoms with van der Waals surface area (Å²) in [5.74, 6) is -1.23. The summed E-state index contributed by atoms with van der Waals surface area (Å²) in [4.78, 5) is 10.5. The van der Waals surface area contributed by atoms with Gasteiger partial charge in [-0.05, 0) is 17.7 Å². The van der Waals surface area contributed by atoms with Crippen molar-refractivity contribution >= 4 is 5.97 Å². The fraction of sp³-hybridized carbons (Fsp3) is 0.231.